The number of nitrogens with one attached hydrogen (secondary N) is 1. The van der Waals surface area contributed by atoms with Crippen molar-refractivity contribution in [3.05, 3.63) is 73.8 Å². The van der Waals surface area contributed by atoms with Crippen molar-refractivity contribution >= 4 is 40.8 Å². The second kappa shape index (κ2) is 8.64. The number of hydrogen-bond acceptors (Lipinski definition) is 4. The molecule has 0 aromatic heterocycles. The van der Waals surface area contributed by atoms with Crippen molar-refractivity contribution in [1.82, 2.24) is 10.2 Å². The number of carbonyl (C=O) groups excluding carboxylic acids is 2. The smallest absolute Gasteiger partial charge is 0.324 e. The summed E-state index contributed by atoms with van der Waals surface area (Å²) in [4.78, 5) is 35.9. The number of halogens is 2. The average Bonchev–Trinajstić information content (AvgIpc) is 2.62. The number of urea groups is 1. The van der Waals surface area contributed by atoms with Gasteiger partial charge in [0.2, 0.25) is 0 Å². The summed E-state index contributed by atoms with van der Waals surface area (Å²) >= 11 is 12.0. The number of rotatable bonds is 5. The molecule has 0 atom stereocenters. The Morgan fingerprint density at radius 3 is 2.35 bits per heavy atom. The first-order valence-electron chi connectivity index (χ1n) is 7.55. The lowest BCUT2D eigenvalue weighted by atomic mass is 10.1. The van der Waals surface area contributed by atoms with Crippen LogP contribution in [0.2, 0.25) is 10.0 Å². The van der Waals surface area contributed by atoms with Crippen molar-refractivity contribution in [2.24, 2.45) is 0 Å². The largest absolute Gasteiger partial charge is 0.341 e. The Kier molecular flexibility index (Phi) is 6.54. The molecule has 2 rings (SSSR count). The van der Waals surface area contributed by atoms with Gasteiger partial charge >= 0.3 is 6.03 Å². The second-order valence-electron chi connectivity index (χ2n) is 5.30. The molecule has 9 heteroatoms. The summed E-state index contributed by atoms with van der Waals surface area (Å²) in [5.74, 6) is -0.565. The third-order valence-corrected chi connectivity index (χ3v) is 4.24. The molecular formula is C17H15Cl2N3O4. The van der Waals surface area contributed by atoms with Crippen molar-refractivity contribution < 1.29 is 14.5 Å². The van der Waals surface area contributed by atoms with Gasteiger partial charge in [-0.2, -0.15) is 0 Å². The molecule has 0 radical (unpaired) electrons. The number of carbonyl (C=O) groups is 2. The van der Waals surface area contributed by atoms with Gasteiger partial charge in [0.1, 0.15) is 0 Å². The molecule has 0 saturated heterocycles. The topological polar surface area (TPSA) is 92.6 Å². The van der Waals surface area contributed by atoms with Gasteiger partial charge in [-0.15, -0.1) is 0 Å². The van der Waals surface area contributed by atoms with Crippen LogP contribution in [0.5, 0.6) is 0 Å². The van der Waals surface area contributed by atoms with E-state index in [-0.39, 0.29) is 17.8 Å². The van der Waals surface area contributed by atoms with Crippen LogP contribution >= 0.6 is 23.2 Å². The van der Waals surface area contributed by atoms with Gasteiger partial charge in [0, 0.05) is 41.3 Å². The van der Waals surface area contributed by atoms with Crippen LogP contribution in [0.15, 0.2) is 42.5 Å². The van der Waals surface area contributed by atoms with Crippen LogP contribution in [0, 0.1) is 10.1 Å². The van der Waals surface area contributed by atoms with Gasteiger partial charge < -0.3 is 5.32 Å². The molecule has 7 nitrogen and oxygen atoms in total. The number of hydrogen-bond donors (Lipinski definition) is 1. The summed E-state index contributed by atoms with van der Waals surface area (Å²) < 4.78 is 0. The maximum atomic E-state index is 12.6. The fraction of sp³-hybridized carbons (Fsp3) is 0.176. The van der Waals surface area contributed by atoms with Crippen LogP contribution in [0.4, 0.5) is 10.5 Å². The Bertz CT molecular complexity index is 840. The molecule has 0 spiro atoms. The maximum absolute atomic E-state index is 12.6. The molecular weight excluding hydrogens is 381 g/mol. The van der Waals surface area contributed by atoms with Crippen molar-refractivity contribution in [3.8, 4) is 0 Å². The Morgan fingerprint density at radius 2 is 1.81 bits per heavy atom. The zero-order chi connectivity index (χ0) is 19.3. The lowest BCUT2D eigenvalue weighted by Gasteiger charge is -2.20. The van der Waals surface area contributed by atoms with E-state index in [1.54, 1.807) is 18.2 Å². The Hall–Kier alpha value is -2.64. The summed E-state index contributed by atoms with van der Waals surface area (Å²) in [6.45, 7) is 0.0802. The summed E-state index contributed by atoms with van der Waals surface area (Å²) in [5.41, 5.74) is 0.767. The highest BCUT2D eigenvalue weighted by Gasteiger charge is 2.22. The predicted octanol–water partition coefficient (Wildman–Crippen LogP) is 3.93. The van der Waals surface area contributed by atoms with E-state index in [0.29, 0.717) is 16.5 Å². The zero-order valence-corrected chi connectivity index (χ0v) is 15.3. The summed E-state index contributed by atoms with van der Waals surface area (Å²) in [5, 5.41) is 14.1. The van der Waals surface area contributed by atoms with E-state index >= 15 is 0 Å². The van der Waals surface area contributed by atoms with Crippen molar-refractivity contribution in [1.29, 1.82) is 0 Å². The molecule has 26 heavy (non-hydrogen) atoms. The standard InChI is InChI=1S/C17H15Cl2N3O4/c1-20-17(24)21(9-8-11-2-5-13(18)10-15(11)19)16(23)12-3-6-14(7-4-12)22(25)26/h2-7,10H,8-9H2,1H3,(H,20,24). The Balaban J connectivity index is 2.19. The van der Waals surface area contributed by atoms with E-state index in [1.165, 1.54) is 31.3 Å². The molecule has 136 valence electrons. The van der Waals surface area contributed by atoms with E-state index in [1.807, 2.05) is 0 Å². The number of non-ortho nitro benzene ring substituents is 1. The minimum Gasteiger partial charge on any atom is -0.341 e. The van der Waals surface area contributed by atoms with Crippen molar-refractivity contribution in [3.63, 3.8) is 0 Å². The van der Waals surface area contributed by atoms with Crippen LogP contribution in [0.3, 0.4) is 0 Å². The lowest BCUT2D eigenvalue weighted by molar-refractivity contribution is -0.384. The van der Waals surface area contributed by atoms with Gasteiger partial charge in [0.05, 0.1) is 4.92 Å². The van der Waals surface area contributed by atoms with Gasteiger partial charge in [-0.3, -0.25) is 19.8 Å². The van der Waals surface area contributed by atoms with Gasteiger partial charge in [-0.1, -0.05) is 29.3 Å². The molecule has 0 unspecified atom stereocenters. The van der Waals surface area contributed by atoms with Crippen LogP contribution < -0.4 is 5.32 Å². The normalized spacial score (nSPS) is 10.3. The number of imide groups is 1. The van der Waals surface area contributed by atoms with Crippen LogP contribution in [0.25, 0.3) is 0 Å². The molecule has 1 N–H and O–H groups in total. The summed E-state index contributed by atoms with van der Waals surface area (Å²) in [7, 11) is 1.41. The molecule has 0 bridgehead atoms. The minimum absolute atomic E-state index is 0.0802. The average molecular weight is 396 g/mol. The number of nitro benzene ring substituents is 1. The molecule has 0 aliphatic heterocycles. The summed E-state index contributed by atoms with van der Waals surface area (Å²) in [6.07, 6.45) is 0.335. The Labute approximate surface area is 159 Å². The minimum atomic E-state index is -0.585. The fourth-order valence-electron chi connectivity index (χ4n) is 2.27. The van der Waals surface area contributed by atoms with Crippen LogP contribution in [-0.4, -0.2) is 35.4 Å². The SMILES string of the molecule is CNC(=O)N(CCc1ccc(Cl)cc1Cl)C(=O)c1ccc([N+](=O)[O-])cc1. The number of benzene rings is 2. The van der Waals surface area contributed by atoms with Crippen LogP contribution in [-0.2, 0) is 6.42 Å². The second-order valence-corrected chi connectivity index (χ2v) is 6.15. The zero-order valence-electron chi connectivity index (χ0n) is 13.7. The molecule has 2 aromatic rings. The molecule has 0 aliphatic carbocycles. The predicted molar refractivity (Wildman–Crippen MR) is 98.8 cm³/mol. The molecule has 3 amide bonds. The maximum Gasteiger partial charge on any atom is 0.324 e. The van der Waals surface area contributed by atoms with Gasteiger partial charge in [0.25, 0.3) is 11.6 Å². The van der Waals surface area contributed by atoms with Crippen LogP contribution in [0.1, 0.15) is 15.9 Å². The highest BCUT2D eigenvalue weighted by molar-refractivity contribution is 6.35. The lowest BCUT2D eigenvalue weighted by Crippen LogP contribution is -2.43. The van der Waals surface area contributed by atoms with Gasteiger partial charge in [-0.05, 0) is 36.2 Å². The third-order valence-electron chi connectivity index (χ3n) is 3.65. The van der Waals surface area contributed by atoms with E-state index in [2.05, 4.69) is 5.32 Å². The van der Waals surface area contributed by atoms with E-state index in [4.69, 9.17) is 23.2 Å². The van der Waals surface area contributed by atoms with E-state index in [0.717, 1.165) is 10.5 Å². The molecule has 2 aromatic carbocycles. The number of nitrogens with zero attached hydrogens (tertiary/aromatic N) is 2. The fourth-order valence-corrected chi connectivity index (χ4v) is 2.77. The first-order chi connectivity index (χ1) is 12.3. The summed E-state index contributed by atoms with van der Waals surface area (Å²) in [6, 6.07) is 9.45. The van der Waals surface area contributed by atoms with Gasteiger partial charge in [0.15, 0.2) is 0 Å². The van der Waals surface area contributed by atoms with Gasteiger partial charge in [-0.25, -0.2) is 4.79 Å². The van der Waals surface area contributed by atoms with Crippen molar-refractivity contribution in [2.75, 3.05) is 13.6 Å². The van der Waals surface area contributed by atoms with E-state index < -0.39 is 16.9 Å². The van der Waals surface area contributed by atoms with Crippen molar-refractivity contribution in [2.45, 2.75) is 6.42 Å². The highest BCUT2D eigenvalue weighted by Crippen LogP contribution is 2.22. The first-order valence-corrected chi connectivity index (χ1v) is 8.31. The molecule has 0 fully saturated rings. The third kappa shape index (κ3) is 4.71. The number of amides is 3. The highest BCUT2D eigenvalue weighted by atomic mass is 35.5. The number of nitro groups is 1. The Morgan fingerprint density at radius 1 is 1.15 bits per heavy atom. The molecule has 0 saturated carbocycles. The quantitative estimate of drug-likeness (QED) is 0.612. The van der Waals surface area contributed by atoms with E-state index in [9.17, 15) is 19.7 Å². The molecule has 0 aliphatic rings. The first kappa shape index (κ1) is 19.7. The monoisotopic (exact) mass is 395 g/mol. The molecule has 0 heterocycles.